The number of hydrogen-bond acceptors (Lipinski definition) is 8. The van der Waals surface area contributed by atoms with Gasteiger partial charge in [0.1, 0.15) is 18.8 Å². The Hall–Kier alpha value is -2.38. The van der Waals surface area contributed by atoms with Crippen molar-refractivity contribution in [3.63, 3.8) is 0 Å². The van der Waals surface area contributed by atoms with Gasteiger partial charge in [0.2, 0.25) is 0 Å². The fourth-order valence-electron chi connectivity index (χ4n) is 11.9. The van der Waals surface area contributed by atoms with Crippen LogP contribution in [0.15, 0.2) is 11.6 Å². The number of hydrogen-bond donors (Lipinski definition) is 0. The van der Waals surface area contributed by atoms with Crippen LogP contribution in [0.3, 0.4) is 0 Å². The van der Waals surface area contributed by atoms with E-state index >= 15 is 0 Å². The maximum absolute atomic E-state index is 13.2. The van der Waals surface area contributed by atoms with E-state index in [0.717, 1.165) is 44.9 Å². The van der Waals surface area contributed by atoms with Crippen molar-refractivity contribution in [2.45, 2.75) is 132 Å². The van der Waals surface area contributed by atoms with Crippen LogP contribution in [0.25, 0.3) is 0 Å². The van der Waals surface area contributed by atoms with Crippen molar-refractivity contribution in [1.82, 2.24) is 0 Å². The summed E-state index contributed by atoms with van der Waals surface area (Å²) in [5, 5.41) is 0. The zero-order valence-electron chi connectivity index (χ0n) is 29.3. The first-order valence-electron chi connectivity index (χ1n) is 17.1. The predicted molar refractivity (Wildman–Crippen MR) is 169 cm³/mol. The molecule has 0 amide bonds. The fraction of sp³-hybridized carbons (Fsp3) is 0.838. The molecule has 0 saturated heterocycles. The first kappa shape index (κ1) is 34.0. The Morgan fingerprint density at radius 3 is 2.00 bits per heavy atom. The molecule has 1 unspecified atom stereocenters. The van der Waals surface area contributed by atoms with Gasteiger partial charge in [-0.1, -0.05) is 46.3 Å². The minimum atomic E-state index is -0.743. The van der Waals surface area contributed by atoms with Gasteiger partial charge in [-0.15, -0.1) is 0 Å². The third-order valence-corrected chi connectivity index (χ3v) is 14.5. The van der Waals surface area contributed by atoms with E-state index in [1.165, 1.54) is 33.5 Å². The average molecular weight is 629 g/mol. The molecule has 0 aromatic carbocycles. The Morgan fingerprint density at radius 1 is 0.756 bits per heavy atom. The number of ether oxygens (including phenoxy) is 4. The Bertz CT molecular complexity index is 1290. The molecule has 5 aliphatic rings. The number of rotatable bonds is 5. The van der Waals surface area contributed by atoms with Gasteiger partial charge in [-0.3, -0.25) is 19.2 Å². The van der Waals surface area contributed by atoms with Gasteiger partial charge in [0.05, 0.1) is 12.5 Å². The van der Waals surface area contributed by atoms with Gasteiger partial charge in [0, 0.05) is 38.0 Å². The van der Waals surface area contributed by atoms with Gasteiger partial charge in [0.25, 0.3) is 0 Å². The van der Waals surface area contributed by atoms with Crippen molar-refractivity contribution < 1.29 is 38.1 Å². The second kappa shape index (κ2) is 11.1. The van der Waals surface area contributed by atoms with Gasteiger partial charge in [-0.25, -0.2) is 0 Å². The number of methoxy groups -OCH3 is 1. The first-order chi connectivity index (χ1) is 20.8. The second-order valence-corrected chi connectivity index (χ2v) is 16.8. The molecule has 0 aromatic rings. The number of carbonyl (C=O) groups is 4. The van der Waals surface area contributed by atoms with E-state index in [2.05, 4.69) is 40.7 Å². The van der Waals surface area contributed by atoms with E-state index in [9.17, 15) is 19.2 Å². The highest BCUT2D eigenvalue weighted by molar-refractivity contribution is 5.77. The van der Waals surface area contributed by atoms with Crippen molar-refractivity contribution in [3.05, 3.63) is 11.6 Å². The van der Waals surface area contributed by atoms with Gasteiger partial charge >= 0.3 is 23.9 Å². The van der Waals surface area contributed by atoms with E-state index in [1.807, 2.05) is 6.92 Å². The molecule has 0 spiro atoms. The summed E-state index contributed by atoms with van der Waals surface area (Å²) in [6.07, 6.45) is 9.49. The van der Waals surface area contributed by atoms with E-state index in [4.69, 9.17) is 18.9 Å². The zero-order valence-corrected chi connectivity index (χ0v) is 29.3. The Balaban J connectivity index is 1.56. The van der Waals surface area contributed by atoms with Crippen LogP contribution in [0.1, 0.15) is 120 Å². The zero-order chi connectivity index (χ0) is 33.4. The maximum Gasteiger partial charge on any atom is 0.311 e. The average Bonchev–Trinajstić information content (AvgIpc) is 2.94. The smallest absolute Gasteiger partial charge is 0.311 e. The van der Waals surface area contributed by atoms with E-state index in [-0.39, 0.29) is 76.2 Å². The molecule has 4 fully saturated rings. The van der Waals surface area contributed by atoms with Crippen LogP contribution < -0.4 is 0 Å². The SMILES string of the molecule is COC(=O)[C@]1(C)C[C@@H](OC(C)=O)[C@]2(C)CC[C@]3(C)C(=CC[C@@H]4[C@@]5(C)CC[C@H](OC(C)=O)[C@](C)(COC(C)=O)C5CC[C@]43C)[C@@H]2C1. The van der Waals surface area contributed by atoms with Crippen LogP contribution in [-0.4, -0.2) is 49.8 Å². The van der Waals surface area contributed by atoms with Crippen LogP contribution in [0.5, 0.6) is 0 Å². The molecule has 5 rings (SSSR count). The summed E-state index contributed by atoms with van der Waals surface area (Å²) in [5.41, 5.74) is -0.201. The summed E-state index contributed by atoms with van der Waals surface area (Å²) < 4.78 is 23.0. The number of esters is 4. The van der Waals surface area contributed by atoms with Crippen LogP contribution >= 0.6 is 0 Å². The molecule has 0 heterocycles. The number of fused-ring (bicyclic) bond motifs is 7. The van der Waals surface area contributed by atoms with Crippen LogP contribution in [0.4, 0.5) is 0 Å². The molecule has 45 heavy (non-hydrogen) atoms. The van der Waals surface area contributed by atoms with E-state index in [1.54, 1.807) is 0 Å². The monoisotopic (exact) mass is 628 g/mol. The summed E-state index contributed by atoms with van der Waals surface area (Å²) in [4.78, 5) is 49.8. The third-order valence-electron chi connectivity index (χ3n) is 14.5. The Kier molecular flexibility index (Phi) is 8.39. The standard InChI is InChI=1S/C37H56O8/c1-22(38)43-21-35(7)27-13-16-37(9)28(34(27,6)15-14-29(35)44-23(2)39)12-11-25-26-19-32(4,31(41)42-10)20-30(45-24(3)40)33(26,5)17-18-36(25,37)8/h11,26-30H,12-21H2,1-10H3/t26-,27?,28+,29-,30+,32-,33+,34-,35+,36+,37+/m0/s1. The van der Waals surface area contributed by atoms with Crippen molar-refractivity contribution >= 4 is 23.9 Å². The fourth-order valence-corrected chi connectivity index (χ4v) is 11.9. The van der Waals surface area contributed by atoms with Crippen molar-refractivity contribution in [1.29, 1.82) is 0 Å². The molecule has 11 atom stereocenters. The lowest BCUT2D eigenvalue weighted by atomic mass is 9.33. The highest BCUT2D eigenvalue weighted by atomic mass is 16.6. The van der Waals surface area contributed by atoms with Gasteiger partial charge < -0.3 is 18.9 Å². The highest BCUT2D eigenvalue weighted by Crippen LogP contribution is 2.76. The second-order valence-electron chi connectivity index (χ2n) is 16.8. The van der Waals surface area contributed by atoms with Gasteiger partial charge in [-0.2, -0.15) is 0 Å². The summed E-state index contributed by atoms with van der Waals surface area (Å²) in [7, 11) is 1.45. The molecule has 8 heteroatoms. The molecule has 0 aliphatic heterocycles. The van der Waals surface area contributed by atoms with Crippen molar-refractivity contribution in [2.24, 2.45) is 50.2 Å². The lowest BCUT2D eigenvalue weighted by molar-refractivity contribution is -0.229. The van der Waals surface area contributed by atoms with Gasteiger partial charge in [-0.05, 0) is 92.3 Å². The van der Waals surface area contributed by atoms with Crippen molar-refractivity contribution in [2.75, 3.05) is 13.7 Å². The minimum absolute atomic E-state index is 0.00365. The van der Waals surface area contributed by atoms with E-state index < -0.39 is 10.8 Å². The third kappa shape index (κ3) is 4.97. The lowest BCUT2D eigenvalue weighted by Crippen LogP contribution is -2.66. The Morgan fingerprint density at radius 2 is 1.40 bits per heavy atom. The molecule has 8 nitrogen and oxygen atoms in total. The molecule has 0 aromatic heterocycles. The maximum atomic E-state index is 13.2. The molecule has 0 N–H and O–H groups in total. The summed E-state index contributed by atoms with van der Waals surface area (Å²) in [6.45, 7) is 18.4. The van der Waals surface area contributed by atoms with Crippen LogP contribution in [-0.2, 0) is 38.1 Å². The van der Waals surface area contributed by atoms with E-state index in [0.29, 0.717) is 18.8 Å². The Labute approximate surface area is 269 Å². The van der Waals surface area contributed by atoms with Crippen LogP contribution in [0, 0.1) is 50.2 Å². The largest absolute Gasteiger partial charge is 0.469 e. The molecule has 0 radical (unpaired) electrons. The predicted octanol–water partition coefficient (Wildman–Crippen LogP) is 6.98. The first-order valence-corrected chi connectivity index (χ1v) is 17.1. The summed E-state index contributed by atoms with van der Waals surface area (Å²) >= 11 is 0. The number of allylic oxidation sites excluding steroid dienone is 2. The summed E-state index contributed by atoms with van der Waals surface area (Å²) in [6, 6.07) is 0. The van der Waals surface area contributed by atoms with Crippen LogP contribution in [0.2, 0.25) is 0 Å². The summed E-state index contributed by atoms with van der Waals surface area (Å²) in [5.74, 6) is -0.448. The topological polar surface area (TPSA) is 105 Å². The minimum Gasteiger partial charge on any atom is -0.469 e. The highest BCUT2D eigenvalue weighted by Gasteiger charge is 2.70. The quantitative estimate of drug-likeness (QED) is 0.183. The molecular formula is C37H56O8. The normalized spacial score (nSPS) is 47.0. The van der Waals surface area contributed by atoms with Gasteiger partial charge in [0.15, 0.2) is 0 Å². The molecule has 0 bridgehead atoms. The molecule has 4 saturated carbocycles. The molecule has 252 valence electrons. The number of carbonyl (C=O) groups excluding carboxylic acids is 4. The van der Waals surface area contributed by atoms with Crippen molar-refractivity contribution in [3.8, 4) is 0 Å². The molecular weight excluding hydrogens is 572 g/mol. The molecule has 5 aliphatic carbocycles. The lowest BCUT2D eigenvalue weighted by Gasteiger charge is -2.71.